The van der Waals surface area contributed by atoms with Crippen molar-refractivity contribution in [2.75, 3.05) is 0 Å². The fraction of sp³-hybridized carbons (Fsp3) is 0.222. The third kappa shape index (κ3) is 0.827. The summed E-state index contributed by atoms with van der Waals surface area (Å²) in [7, 11) is 0. The second-order valence-electron chi connectivity index (χ2n) is 2.68. The number of benzene rings is 1. The predicted octanol–water partition coefficient (Wildman–Crippen LogP) is 2.24. The summed E-state index contributed by atoms with van der Waals surface area (Å²) in [5, 5.41) is 0. The maximum Gasteiger partial charge on any atom is 0.284 e. The molecule has 0 aliphatic rings. The van der Waals surface area contributed by atoms with Crippen LogP contribution in [0.15, 0.2) is 16.5 Å². The predicted molar refractivity (Wildman–Crippen MR) is 42.3 cm³/mol. The van der Waals surface area contributed by atoms with Gasteiger partial charge in [-0.2, -0.15) is 0 Å². The number of nitrogens with zero attached hydrogens (tertiary/aromatic N) is 1. The summed E-state index contributed by atoms with van der Waals surface area (Å²) in [4.78, 5) is 3.99. The molecule has 1 aromatic carbocycles. The van der Waals surface area contributed by atoms with Gasteiger partial charge in [-0.05, 0) is 25.0 Å². The maximum atomic E-state index is 5.09. The van der Waals surface area contributed by atoms with Crippen molar-refractivity contribution in [3.05, 3.63) is 29.7 Å². The highest BCUT2D eigenvalue weighted by molar-refractivity contribution is 5.78. The molecule has 0 fully saturated rings. The molecule has 0 spiro atoms. The lowest BCUT2D eigenvalue weighted by Crippen LogP contribution is -1.78. The van der Waals surface area contributed by atoms with E-state index in [1.807, 2.05) is 26.0 Å². The number of rotatable bonds is 0. The zero-order valence-electron chi connectivity index (χ0n) is 6.51. The van der Waals surface area contributed by atoms with Crippen molar-refractivity contribution in [2.24, 2.45) is 0 Å². The van der Waals surface area contributed by atoms with Crippen LogP contribution < -0.4 is 0 Å². The van der Waals surface area contributed by atoms with Gasteiger partial charge in [-0.25, -0.2) is 4.98 Å². The largest absolute Gasteiger partial charge is 0.432 e. The first-order valence-electron chi connectivity index (χ1n) is 3.52. The monoisotopic (exact) mass is 146 g/mol. The molecule has 0 aliphatic carbocycles. The van der Waals surface area contributed by atoms with E-state index in [1.54, 1.807) is 0 Å². The summed E-state index contributed by atoms with van der Waals surface area (Å²) in [6.07, 6.45) is 2.49. The van der Waals surface area contributed by atoms with Gasteiger partial charge in [0.25, 0.3) is 6.39 Å². The number of aryl methyl sites for hydroxylation is 2. The number of hydrogen-bond acceptors (Lipinski definition) is 2. The molecular weight excluding hydrogens is 138 g/mol. The molecule has 11 heavy (non-hydrogen) atoms. The average Bonchev–Trinajstić information content (AvgIpc) is 2.45. The maximum absolute atomic E-state index is 5.09. The molecule has 55 valence electrons. The highest BCUT2D eigenvalue weighted by Crippen LogP contribution is 2.19. The SMILES string of the molecule is Cc1ccc(C)c2o[c]nc12. The van der Waals surface area contributed by atoms with Gasteiger partial charge in [0.1, 0.15) is 5.52 Å². The van der Waals surface area contributed by atoms with E-state index >= 15 is 0 Å². The molecule has 1 aromatic heterocycles. The minimum Gasteiger partial charge on any atom is -0.432 e. The molecule has 2 aromatic rings. The Morgan fingerprint density at radius 2 is 2.00 bits per heavy atom. The number of aromatic nitrogens is 1. The molecule has 0 saturated heterocycles. The molecule has 1 heterocycles. The second kappa shape index (κ2) is 2.09. The van der Waals surface area contributed by atoms with Gasteiger partial charge in [-0.3, -0.25) is 0 Å². The van der Waals surface area contributed by atoms with E-state index < -0.39 is 0 Å². The fourth-order valence-electron chi connectivity index (χ4n) is 1.15. The van der Waals surface area contributed by atoms with Gasteiger partial charge >= 0.3 is 0 Å². The van der Waals surface area contributed by atoms with Crippen LogP contribution in [0, 0.1) is 20.2 Å². The lowest BCUT2D eigenvalue weighted by atomic mass is 10.1. The molecule has 0 N–H and O–H groups in total. The van der Waals surface area contributed by atoms with Crippen molar-refractivity contribution in [1.82, 2.24) is 4.98 Å². The van der Waals surface area contributed by atoms with Crippen LogP contribution in [0.5, 0.6) is 0 Å². The quantitative estimate of drug-likeness (QED) is 0.569. The number of fused-ring (bicyclic) bond motifs is 1. The van der Waals surface area contributed by atoms with E-state index in [1.165, 1.54) is 0 Å². The van der Waals surface area contributed by atoms with Crippen LogP contribution in [-0.2, 0) is 0 Å². The smallest absolute Gasteiger partial charge is 0.284 e. The van der Waals surface area contributed by atoms with Crippen LogP contribution in [0.4, 0.5) is 0 Å². The van der Waals surface area contributed by atoms with Crippen LogP contribution in [0.3, 0.4) is 0 Å². The Hall–Kier alpha value is -1.31. The minimum absolute atomic E-state index is 0.852. The highest BCUT2D eigenvalue weighted by Gasteiger charge is 2.03. The van der Waals surface area contributed by atoms with E-state index in [0.29, 0.717) is 0 Å². The molecule has 0 amide bonds. The van der Waals surface area contributed by atoms with Crippen LogP contribution >= 0.6 is 0 Å². The summed E-state index contributed by atoms with van der Waals surface area (Å²) < 4.78 is 5.09. The van der Waals surface area contributed by atoms with E-state index in [-0.39, 0.29) is 0 Å². The van der Waals surface area contributed by atoms with Gasteiger partial charge < -0.3 is 4.42 Å². The van der Waals surface area contributed by atoms with Gasteiger partial charge in [-0.15, -0.1) is 0 Å². The lowest BCUT2D eigenvalue weighted by molar-refractivity contribution is 0.589. The first-order valence-corrected chi connectivity index (χ1v) is 3.52. The normalized spacial score (nSPS) is 10.7. The Kier molecular flexibility index (Phi) is 1.22. The lowest BCUT2D eigenvalue weighted by Gasteiger charge is -1.94. The summed E-state index contributed by atoms with van der Waals surface area (Å²) in [5.74, 6) is 0. The van der Waals surface area contributed by atoms with Crippen molar-refractivity contribution >= 4 is 11.1 Å². The molecule has 0 aliphatic heterocycles. The third-order valence-electron chi connectivity index (χ3n) is 1.84. The Morgan fingerprint density at radius 1 is 1.27 bits per heavy atom. The van der Waals surface area contributed by atoms with E-state index in [4.69, 9.17) is 4.42 Å². The molecule has 0 bridgehead atoms. The zero-order chi connectivity index (χ0) is 7.84. The minimum atomic E-state index is 0.852. The summed E-state index contributed by atoms with van der Waals surface area (Å²) in [5.41, 5.74) is 4.02. The van der Waals surface area contributed by atoms with Crippen LogP contribution in [-0.4, -0.2) is 4.98 Å². The second-order valence-corrected chi connectivity index (χ2v) is 2.68. The van der Waals surface area contributed by atoms with Gasteiger partial charge in [-0.1, -0.05) is 12.1 Å². The molecule has 2 heteroatoms. The number of hydrogen-bond donors (Lipinski definition) is 0. The van der Waals surface area contributed by atoms with Crippen LogP contribution in [0.25, 0.3) is 11.1 Å². The summed E-state index contributed by atoms with van der Waals surface area (Å²) >= 11 is 0. The van der Waals surface area contributed by atoms with Gasteiger partial charge in [0.05, 0.1) is 0 Å². The van der Waals surface area contributed by atoms with Crippen molar-refractivity contribution in [3.63, 3.8) is 0 Å². The zero-order valence-corrected chi connectivity index (χ0v) is 6.51. The number of oxazole rings is 1. The Labute approximate surface area is 64.9 Å². The van der Waals surface area contributed by atoms with Crippen LogP contribution in [0.2, 0.25) is 0 Å². The van der Waals surface area contributed by atoms with E-state index in [0.717, 1.165) is 22.2 Å². The van der Waals surface area contributed by atoms with E-state index in [2.05, 4.69) is 11.4 Å². The summed E-state index contributed by atoms with van der Waals surface area (Å²) in [6.45, 7) is 4.01. The molecule has 1 radical (unpaired) electrons. The fourth-order valence-corrected chi connectivity index (χ4v) is 1.15. The van der Waals surface area contributed by atoms with Crippen molar-refractivity contribution in [2.45, 2.75) is 13.8 Å². The molecule has 0 unspecified atom stereocenters. The molecule has 0 atom stereocenters. The van der Waals surface area contributed by atoms with Crippen LogP contribution in [0.1, 0.15) is 11.1 Å². The highest BCUT2D eigenvalue weighted by atomic mass is 16.3. The van der Waals surface area contributed by atoms with Gasteiger partial charge in [0.2, 0.25) is 0 Å². The van der Waals surface area contributed by atoms with Crippen molar-refractivity contribution in [3.8, 4) is 0 Å². The summed E-state index contributed by atoms with van der Waals surface area (Å²) in [6, 6.07) is 4.06. The standard InChI is InChI=1S/C9H8NO/c1-6-3-4-7(2)9-8(6)10-5-11-9/h3-4H,1-2H3. The first kappa shape index (κ1) is 6.40. The molecule has 0 saturated carbocycles. The van der Waals surface area contributed by atoms with Gasteiger partial charge in [0.15, 0.2) is 5.58 Å². The average molecular weight is 146 g/mol. The molecule has 2 rings (SSSR count). The molecular formula is C9H8NO. The van der Waals surface area contributed by atoms with Crippen molar-refractivity contribution in [1.29, 1.82) is 0 Å². The van der Waals surface area contributed by atoms with Gasteiger partial charge in [0, 0.05) is 0 Å². The molecule has 2 nitrogen and oxygen atoms in total. The van der Waals surface area contributed by atoms with Crippen molar-refractivity contribution < 1.29 is 4.42 Å². The Balaban J connectivity index is 2.96. The Morgan fingerprint density at radius 3 is 2.73 bits per heavy atom. The topological polar surface area (TPSA) is 26.0 Å². The Bertz CT molecular complexity index is 353. The first-order chi connectivity index (χ1) is 5.29. The third-order valence-corrected chi connectivity index (χ3v) is 1.84. The van der Waals surface area contributed by atoms with E-state index in [9.17, 15) is 0 Å².